The Labute approximate surface area is 114 Å². The van der Waals surface area contributed by atoms with Crippen LogP contribution in [0.4, 0.5) is 5.69 Å². The molecule has 0 saturated heterocycles. The van der Waals surface area contributed by atoms with E-state index in [9.17, 15) is 4.79 Å². The molecule has 3 rings (SSSR count). The maximum absolute atomic E-state index is 12.0. The van der Waals surface area contributed by atoms with Crippen LogP contribution in [-0.2, 0) is 0 Å². The number of nitrogens with two attached hydrogens (primary N) is 1. The number of carbonyl (C=O) groups is 1. The summed E-state index contributed by atoms with van der Waals surface area (Å²) in [6.07, 6.45) is 1.40. The number of anilines is 1. The summed E-state index contributed by atoms with van der Waals surface area (Å²) in [5, 5.41) is 9.11. The predicted octanol–water partition coefficient (Wildman–Crippen LogP) is 1.36. The zero-order valence-corrected chi connectivity index (χ0v) is 10.8. The fourth-order valence-electron chi connectivity index (χ4n) is 1.99. The number of aromatic nitrogens is 4. The second kappa shape index (κ2) is 4.69. The first-order valence-corrected chi connectivity index (χ1v) is 6.19. The Kier molecular flexibility index (Phi) is 2.86. The van der Waals surface area contributed by atoms with E-state index < -0.39 is 0 Å². The lowest BCUT2D eigenvalue weighted by Crippen LogP contribution is -2.28. The maximum Gasteiger partial charge on any atom is 0.272 e. The summed E-state index contributed by atoms with van der Waals surface area (Å²) >= 11 is 0. The topological polar surface area (TPSA) is 112 Å². The minimum absolute atomic E-state index is 0.257. The molecule has 0 aliphatic rings. The highest BCUT2D eigenvalue weighted by Crippen LogP contribution is 2.16. The van der Waals surface area contributed by atoms with Crippen molar-refractivity contribution >= 4 is 22.6 Å². The van der Waals surface area contributed by atoms with Gasteiger partial charge >= 0.3 is 0 Å². The van der Waals surface area contributed by atoms with Crippen LogP contribution in [0, 0.1) is 0 Å². The number of benzene rings is 1. The van der Waals surface area contributed by atoms with Gasteiger partial charge in [0.25, 0.3) is 5.91 Å². The zero-order chi connectivity index (χ0) is 14.1. The van der Waals surface area contributed by atoms with Crippen molar-refractivity contribution in [1.29, 1.82) is 0 Å². The summed E-state index contributed by atoms with van der Waals surface area (Å²) in [4.78, 5) is 19.6. The number of hydrogen-bond acceptors (Lipinski definition) is 4. The van der Waals surface area contributed by atoms with Crippen molar-refractivity contribution in [2.45, 2.75) is 13.0 Å². The number of rotatable bonds is 3. The number of para-hydroxylation sites is 2. The molecule has 0 aliphatic carbocycles. The summed E-state index contributed by atoms with van der Waals surface area (Å²) in [6.45, 7) is 1.85. The SMILES string of the molecule is CC(NC(=O)c1[nH]ncc1N)c1nc2ccccc2[nH]1. The number of nitrogens with one attached hydrogen (secondary N) is 3. The van der Waals surface area contributed by atoms with Gasteiger partial charge in [-0.05, 0) is 19.1 Å². The first kappa shape index (κ1) is 12.2. The van der Waals surface area contributed by atoms with Crippen molar-refractivity contribution in [3.8, 4) is 0 Å². The molecule has 5 N–H and O–H groups in total. The van der Waals surface area contributed by atoms with Gasteiger partial charge in [-0.3, -0.25) is 9.89 Å². The van der Waals surface area contributed by atoms with Gasteiger partial charge < -0.3 is 16.0 Å². The Bertz CT molecular complexity index is 726. The fourth-order valence-corrected chi connectivity index (χ4v) is 1.99. The van der Waals surface area contributed by atoms with E-state index >= 15 is 0 Å². The standard InChI is InChI=1S/C13H14N6O/c1-7(16-13(20)11-8(14)6-15-19-11)12-17-9-4-2-3-5-10(9)18-12/h2-7H,14H2,1H3,(H,15,19)(H,16,20)(H,17,18). The van der Waals surface area contributed by atoms with Crippen molar-refractivity contribution in [3.05, 3.63) is 42.0 Å². The van der Waals surface area contributed by atoms with Gasteiger partial charge in [0.05, 0.1) is 29.0 Å². The molecule has 0 bridgehead atoms. The lowest BCUT2D eigenvalue weighted by atomic mass is 10.3. The lowest BCUT2D eigenvalue weighted by molar-refractivity contribution is 0.0934. The maximum atomic E-state index is 12.0. The molecule has 2 aromatic heterocycles. The summed E-state index contributed by atoms with van der Waals surface area (Å²) in [6, 6.07) is 7.43. The highest BCUT2D eigenvalue weighted by atomic mass is 16.2. The monoisotopic (exact) mass is 270 g/mol. The third-order valence-corrected chi connectivity index (χ3v) is 3.06. The first-order chi connectivity index (χ1) is 9.65. The molecule has 1 aromatic carbocycles. The van der Waals surface area contributed by atoms with E-state index in [2.05, 4.69) is 25.5 Å². The highest BCUT2D eigenvalue weighted by Gasteiger charge is 2.17. The summed E-state index contributed by atoms with van der Waals surface area (Å²) in [5.41, 5.74) is 8.02. The van der Waals surface area contributed by atoms with Gasteiger partial charge in [0.15, 0.2) is 0 Å². The van der Waals surface area contributed by atoms with E-state index in [4.69, 9.17) is 5.73 Å². The van der Waals surface area contributed by atoms with Crippen molar-refractivity contribution in [2.24, 2.45) is 0 Å². The summed E-state index contributed by atoms with van der Waals surface area (Å²) < 4.78 is 0. The Morgan fingerprint density at radius 2 is 2.20 bits per heavy atom. The molecule has 7 nitrogen and oxygen atoms in total. The molecule has 1 atom stereocenters. The molecule has 102 valence electrons. The fraction of sp³-hybridized carbons (Fsp3) is 0.154. The zero-order valence-electron chi connectivity index (χ0n) is 10.8. The molecular weight excluding hydrogens is 256 g/mol. The first-order valence-electron chi connectivity index (χ1n) is 6.19. The molecular formula is C13H14N6O. The molecule has 1 unspecified atom stereocenters. The Hall–Kier alpha value is -2.83. The number of aromatic amines is 2. The Balaban J connectivity index is 1.80. The largest absolute Gasteiger partial charge is 0.396 e. The van der Waals surface area contributed by atoms with Crippen molar-refractivity contribution < 1.29 is 4.79 Å². The lowest BCUT2D eigenvalue weighted by Gasteiger charge is -2.10. The number of H-pyrrole nitrogens is 2. The predicted molar refractivity (Wildman–Crippen MR) is 75.0 cm³/mol. The van der Waals surface area contributed by atoms with Gasteiger partial charge in [0.2, 0.25) is 0 Å². The Morgan fingerprint density at radius 3 is 2.90 bits per heavy atom. The van der Waals surface area contributed by atoms with Crippen LogP contribution in [0.1, 0.15) is 29.3 Å². The van der Waals surface area contributed by atoms with Crippen LogP contribution >= 0.6 is 0 Å². The number of nitrogen functional groups attached to an aromatic ring is 1. The van der Waals surface area contributed by atoms with E-state index in [1.165, 1.54) is 6.20 Å². The normalized spacial score (nSPS) is 12.4. The third kappa shape index (κ3) is 2.09. The molecule has 20 heavy (non-hydrogen) atoms. The van der Waals surface area contributed by atoms with Crippen LogP contribution in [0.5, 0.6) is 0 Å². The number of imidazole rings is 1. The second-order valence-electron chi connectivity index (χ2n) is 4.53. The number of hydrogen-bond donors (Lipinski definition) is 4. The van der Waals surface area contributed by atoms with Crippen molar-refractivity contribution in [1.82, 2.24) is 25.5 Å². The van der Waals surface area contributed by atoms with E-state index in [-0.39, 0.29) is 17.6 Å². The van der Waals surface area contributed by atoms with E-state index in [1.54, 1.807) is 0 Å². The van der Waals surface area contributed by atoms with Gasteiger partial charge in [-0.2, -0.15) is 5.10 Å². The Morgan fingerprint density at radius 1 is 1.40 bits per heavy atom. The number of fused-ring (bicyclic) bond motifs is 1. The number of amides is 1. The van der Waals surface area contributed by atoms with Gasteiger partial charge in [-0.25, -0.2) is 4.98 Å². The van der Waals surface area contributed by atoms with Gasteiger partial charge in [0, 0.05) is 0 Å². The molecule has 7 heteroatoms. The molecule has 1 amide bonds. The van der Waals surface area contributed by atoms with Gasteiger partial charge in [-0.1, -0.05) is 12.1 Å². The molecule has 0 spiro atoms. The average molecular weight is 270 g/mol. The van der Waals surface area contributed by atoms with Crippen molar-refractivity contribution in [2.75, 3.05) is 5.73 Å². The van der Waals surface area contributed by atoms with E-state index in [1.807, 2.05) is 31.2 Å². The summed E-state index contributed by atoms with van der Waals surface area (Å²) in [5.74, 6) is 0.380. The van der Waals surface area contributed by atoms with Crippen LogP contribution in [0.2, 0.25) is 0 Å². The van der Waals surface area contributed by atoms with Crippen LogP contribution < -0.4 is 11.1 Å². The van der Waals surface area contributed by atoms with Gasteiger partial charge in [-0.15, -0.1) is 0 Å². The van der Waals surface area contributed by atoms with Crippen LogP contribution in [0.25, 0.3) is 11.0 Å². The average Bonchev–Trinajstić information content (AvgIpc) is 3.04. The number of carbonyl (C=O) groups excluding carboxylic acids is 1. The van der Waals surface area contributed by atoms with Crippen LogP contribution in [-0.4, -0.2) is 26.1 Å². The van der Waals surface area contributed by atoms with Crippen LogP contribution in [0.3, 0.4) is 0 Å². The second-order valence-corrected chi connectivity index (χ2v) is 4.53. The minimum atomic E-state index is -0.312. The van der Waals surface area contributed by atoms with Crippen molar-refractivity contribution in [3.63, 3.8) is 0 Å². The molecule has 0 radical (unpaired) electrons. The van der Waals surface area contributed by atoms with Gasteiger partial charge in [0.1, 0.15) is 11.5 Å². The molecule has 2 heterocycles. The van der Waals surface area contributed by atoms with E-state index in [0.29, 0.717) is 11.5 Å². The minimum Gasteiger partial charge on any atom is -0.396 e. The van der Waals surface area contributed by atoms with E-state index in [0.717, 1.165) is 11.0 Å². The molecule has 3 aromatic rings. The quantitative estimate of drug-likeness (QED) is 0.575. The molecule has 0 saturated carbocycles. The molecule has 0 aliphatic heterocycles. The summed E-state index contributed by atoms with van der Waals surface area (Å²) in [7, 11) is 0. The smallest absolute Gasteiger partial charge is 0.272 e. The third-order valence-electron chi connectivity index (χ3n) is 3.06. The highest BCUT2D eigenvalue weighted by molar-refractivity contribution is 5.97. The molecule has 0 fully saturated rings. The number of nitrogens with zero attached hydrogens (tertiary/aromatic N) is 2. The van der Waals surface area contributed by atoms with Crippen LogP contribution in [0.15, 0.2) is 30.5 Å².